The maximum absolute atomic E-state index is 9.02. The highest BCUT2D eigenvalue weighted by atomic mass is 15.2. The second-order valence-electron chi connectivity index (χ2n) is 4.54. The number of nitriles is 1. The second-order valence-corrected chi connectivity index (χ2v) is 4.54. The van der Waals surface area contributed by atoms with Gasteiger partial charge in [0.1, 0.15) is 6.04 Å². The summed E-state index contributed by atoms with van der Waals surface area (Å²) in [6, 6.07) is 2.54. The monoisotopic (exact) mass is 180 g/mol. The van der Waals surface area contributed by atoms with E-state index in [4.69, 9.17) is 5.26 Å². The fraction of sp³-hybridized carbons (Fsp3) is 0.909. The fourth-order valence-corrected chi connectivity index (χ4v) is 1.96. The van der Waals surface area contributed by atoms with E-state index in [2.05, 4.69) is 31.7 Å². The minimum Gasteiger partial charge on any atom is -0.288 e. The van der Waals surface area contributed by atoms with Gasteiger partial charge in [0, 0.05) is 0 Å². The van der Waals surface area contributed by atoms with E-state index >= 15 is 0 Å². The molecule has 2 heteroatoms. The lowest BCUT2D eigenvalue weighted by molar-refractivity contribution is 0.139. The standard InChI is InChI=1S/C11H20N2/c1-9(2)11(8-12)13-6-4-10(3)5-7-13/h9-11H,4-7H2,1-3H3. The first kappa shape index (κ1) is 10.5. The average molecular weight is 180 g/mol. The van der Waals surface area contributed by atoms with Crippen LogP contribution in [0.25, 0.3) is 0 Å². The molecule has 74 valence electrons. The van der Waals surface area contributed by atoms with Gasteiger partial charge >= 0.3 is 0 Å². The Balaban J connectivity index is 2.47. The van der Waals surface area contributed by atoms with Crippen LogP contribution >= 0.6 is 0 Å². The maximum atomic E-state index is 9.02. The highest BCUT2D eigenvalue weighted by molar-refractivity contribution is 4.95. The Labute approximate surface area is 81.5 Å². The predicted octanol–water partition coefficient (Wildman–Crippen LogP) is 2.27. The van der Waals surface area contributed by atoms with E-state index in [-0.39, 0.29) is 6.04 Å². The van der Waals surface area contributed by atoms with Gasteiger partial charge in [-0.05, 0) is 37.8 Å². The Bertz CT molecular complexity index is 185. The van der Waals surface area contributed by atoms with Crippen molar-refractivity contribution in [2.45, 2.75) is 39.7 Å². The van der Waals surface area contributed by atoms with Crippen LogP contribution in [0.5, 0.6) is 0 Å². The molecule has 2 nitrogen and oxygen atoms in total. The summed E-state index contributed by atoms with van der Waals surface area (Å²) < 4.78 is 0. The van der Waals surface area contributed by atoms with Crippen molar-refractivity contribution in [2.75, 3.05) is 13.1 Å². The fourth-order valence-electron chi connectivity index (χ4n) is 1.96. The van der Waals surface area contributed by atoms with Crippen molar-refractivity contribution in [3.8, 4) is 6.07 Å². The Morgan fingerprint density at radius 1 is 1.31 bits per heavy atom. The predicted molar refractivity (Wildman–Crippen MR) is 54.2 cm³/mol. The summed E-state index contributed by atoms with van der Waals surface area (Å²) in [5, 5.41) is 9.02. The SMILES string of the molecule is CC1CCN(C(C#N)C(C)C)CC1. The van der Waals surface area contributed by atoms with E-state index in [1.54, 1.807) is 0 Å². The minimum absolute atomic E-state index is 0.132. The third-order valence-corrected chi connectivity index (χ3v) is 2.98. The molecule has 0 aromatic rings. The van der Waals surface area contributed by atoms with Crippen molar-refractivity contribution in [1.82, 2.24) is 4.90 Å². The molecule has 1 saturated heterocycles. The molecule has 13 heavy (non-hydrogen) atoms. The summed E-state index contributed by atoms with van der Waals surface area (Å²) in [6.45, 7) is 8.78. The number of piperidine rings is 1. The maximum Gasteiger partial charge on any atom is 0.100 e. The van der Waals surface area contributed by atoms with E-state index in [9.17, 15) is 0 Å². The van der Waals surface area contributed by atoms with Gasteiger partial charge in [-0.3, -0.25) is 4.90 Å². The first-order valence-corrected chi connectivity index (χ1v) is 5.28. The highest BCUT2D eigenvalue weighted by Gasteiger charge is 2.24. The van der Waals surface area contributed by atoms with Gasteiger partial charge in [0.15, 0.2) is 0 Å². The normalized spacial score (nSPS) is 23.0. The zero-order valence-corrected chi connectivity index (χ0v) is 8.95. The van der Waals surface area contributed by atoms with Gasteiger partial charge in [-0.15, -0.1) is 0 Å². The number of nitrogens with zero attached hydrogens (tertiary/aromatic N) is 2. The first-order chi connectivity index (χ1) is 6.15. The highest BCUT2D eigenvalue weighted by Crippen LogP contribution is 2.20. The van der Waals surface area contributed by atoms with Crippen molar-refractivity contribution in [3.05, 3.63) is 0 Å². The summed E-state index contributed by atoms with van der Waals surface area (Å²) >= 11 is 0. The van der Waals surface area contributed by atoms with Crippen LogP contribution in [0.3, 0.4) is 0 Å². The Morgan fingerprint density at radius 2 is 1.85 bits per heavy atom. The summed E-state index contributed by atoms with van der Waals surface area (Å²) in [4.78, 5) is 2.34. The van der Waals surface area contributed by atoms with Crippen LogP contribution in [-0.4, -0.2) is 24.0 Å². The molecule has 1 heterocycles. The lowest BCUT2D eigenvalue weighted by Gasteiger charge is -2.35. The third kappa shape index (κ3) is 2.70. The number of hydrogen-bond acceptors (Lipinski definition) is 2. The molecule has 0 aliphatic carbocycles. The Hall–Kier alpha value is -0.550. The van der Waals surface area contributed by atoms with Crippen LogP contribution in [0.4, 0.5) is 0 Å². The molecule has 0 bridgehead atoms. The lowest BCUT2D eigenvalue weighted by atomic mass is 9.95. The van der Waals surface area contributed by atoms with Gasteiger partial charge in [-0.25, -0.2) is 0 Å². The number of rotatable bonds is 2. The molecule has 0 aromatic carbocycles. The molecule has 1 aliphatic rings. The number of hydrogen-bond donors (Lipinski definition) is 0. The van der Waals surface area contributed by atoms with Gasteiger partial charge in [0.25, 0.3) is 0 Å². The van der Waals surface area contributed by atoms with Gasteiger partial charge in [0.05, 0.1) is 6.07 Å². The molecule has 1 rings (SSSR count). The zero-order chi connectivity index (χ0) is 9.84. The molecule has 0 radical (unpaired) electrons. The molecule has 1 unspecified atom stereocenters. The molecule has 1 aliphatic heterocycles. The van der Waals surface area contributed by atoms with Crippen molar-refractivity contribution in [1.29, 1.82) is 5.26 Å². The first-order valence-electron chi connectivity index (χ1n) is 5.28. The van der Waals surface area contributed by atoms with Crippen LogP contribution in [0.15, 0.2) is 0 Å². The van der Waals surface area contributed by atoms with Crippen molar-refractivity contribution < 1.29 is 0 Å². The molecule has 1 atom stereocenters. The zero-order valence-electron chi connectivity index (χ0n) is 8.95. The van der Waals surface area contributed by atoms with Crippen LogP contribution in [0, 0.1) is 23.2 Å². The van der Waals surface area contributed by atoms with E-state index in [0.717, 1.165) is 19.0 Å². The van der Waals surface area contributed by atoms with Crippen molar-refractivity contribution in [2.24, 2.45) is 11.8 Å². The number of likely N-dealkylation sites (tertiary alicyclic amines) is 1. The Morgan fingerprint density at radius 3 is 2.23 bits per heavy atom. The molecule has 0 spiro atoms. The van der Waals surface area contributed by atoms with Crippen LogP contribution in [0.2, 0.25) is 0 Å². The molecule has 0 aromatic heterocycles. The second kappa shape index (κ2) is 4.62. The van der Waals surface area contributed by atoms with Gasteiger partial charge in [0.2, 0.25) is 0 Å². The molecule has 0 amide bonds. The molecular formula is C11H20N2. The van der Waals surface area contributed by atoms with Gasteiger partial charge < -0.3 is 0 Å². The summed E-state index contributed by atoms with van der Waals surface area (Å²) in [5.41, 5.74) is 0. The van der Waals surface area contributed by atoms with E-state index in [1.165, 1.54) is 12.8 Å². The quantitative estimate of drug-likeness (QED) is 0.652. The van der Waals surface area contributed by atoms with Crippen molar-refractivity contribution in [3.63, 3.8) is 0 Å². The minimum atomic E-state index is 0.132. The summed E-state index contributed by atoms with van der Waals surface area (Å²) in [6.07, 6.45) is 2.51. The lowest BCUT2D eigenvalue weighted by Crippen LogP contribution is -2.42. The van der Waals surface area contributed by atoms with Gasteiger partial charge in [-0.2, -0.15) is 5.26 Å². The summed E-state index contributed by atoms with van der Waals surface area (Å²) in [7, 11) is 0. The van der Waals surface area contributed by atoms with E-state index in [0.29, 0.717) is 5.92 Å². The average Bonchev–Trinajstić information content (AvgIpc) is 2.09. The molecule has 0 N–H and O–H groups in total. The van der Waals surface area contributed by atoms with Gasteiger partial charge in [-0.1, -0.05) is 20.8 Å². The van der Waals surface area contributed by atoms with E-state index < -0.39 is 0 Å². The van der Waals surface area contributed by atoms with Crippen molar-refractivity contribution >= 4 is 0 Å². The molecule has 1 fully saturated rings. The third-order valence-electron chi connectivity index (χ3n) is 2.98. The topological polar surface area (TPSA) is 27.0 Å². The smallest absolute Gasteiger partial charge is 0.100 e. The molecule has 0 saturated carbocycles. The molecular weight excluding hydrogens is 160 g/mol. The Kier molecular flexibility index (Phi) is 3.74. The van der Waals surface area contributed by atoms with Crippen LogP contribution < -0.4 is 0 Å². The van der Waals surface area contributed by atoms with E-state index in [1.807, 2.05) is 0 Å². The largest absolute Gasteiger partial charge is 0.288 e. The van der Waals surface area contributed by atoms with Crippen LogP contribution in [-0.2, 0) is 0 Å². The summed E-state index contributed by atoms with van der Waals surface area (Å²) in [5.74, 6) is 1.31. The van der Waals surface area contributed by atoms with Crippen LogP contribution in [0.1, 0.15) is 33.6 Å².